The van der Waals surface area contributed by atoms with Crippen molar-refractivity contribution in [3.8, 4) is 0 Å². The molecule has 1 aliphatic rings. The minimum absolute atomic E-state index is 0.552. The van der Waals surface area contributed by atoms with Gasteiger partial charge < -0.3 is 15.7 Å². The zero-order chi connectivity index (χ0) is 13.6. The van der Waals surface area contributed by atoms with Crippen molar-refractivity contribution >= 4 is 5.97 Å². The Hall–Kier alpha value is -0.610. The zero-order valence-corrected chi connectivity index (χ0v) is 11.8. The van der Waals surface area contributed by atoms with E-state index in [4.69, 9.17) is 10.8 Å². The highest BCUT2D eigenvalue weighted by atomic mass is 16.4. The van der Waals surface area contributed by atoms with E-state index in [0.29, 0.717) is 6.42 Å². The Kier molecular flexibility index (Phi) is 6.09. The molecule has 1 fully saturated rings. The number of carboxylic acids is 1. The minimum atomic E-state index is -1.07. The Labute approximate surface area is 111 Å². The maximum Gasteiger partial charge on any atom is 0.323 e. The third-order valence-corrected chi connectivity index (χ3v) is 4.18. The number of hydrogen-bond acceptors (Lipinski definition) is 3. The summed E-state index contributed by atoms with van der Waals surface area (Å²) in [5.41, 5.74) is 4.66. The molecule has 106 valence electrons. The molecule has 2 atom stereocenters. The fourth-order valence-electron chi connectivity index (χ4n) is 2.63. The van der Waals surface area contributed by atoms with Crippen LogP contribution in [0.1, 0.15) is 52.4 Å². The Morgan fingerprint density at radius 2 is 2.17 bits per heavy atom. The summed E-state index contributed by atoms with van der Waals surface area (Å²) in [5, 5.41) is 8.95. The molecule has 0 bridgehead atoms. The molecule has 18 heavy (non-hydrogen) atoms. The molecular weight excluding hydrogens is 228 g/mol. The Morgan fingerprint density at radius 1 is 1.44 bits per heavy atom. The first kappa shape index (κ1) is 15.4. The average Bonchev–Trinajstić information content (AvgIpc) is 2.54. The van der Waals surface area contributed by atoms with Crippen LogP contribution in [0.15, 0.2) is 0 Å². The van der Waals surface area contributed by atoms with Crippen molar-refractivity contribution in [2.45, 2.75) is 57.9 Å². The van der Waals surface area contributed by atoms with Crippen LogP contribution in [-0.4, -0.2) is 41.1 Å². The van der Waals surface area contributed by atoms with Gasteiger partial charge in [0.2, 0.25) is 0 Å². The second-order valence-electron chi connectivity index (χ2n) is 5.87. The zero-order valence-electron chi connectivity index (χ0n) is 11.8. The van der Waals surface area contributed by atoms with Crippen LogP contribution in [0.4, 0.5) is 0 Å². The number of aliphatic carboxylic acids is 1. The van der Waals surface area contributed by atoms with E-state index in [1.165, 1.54) is 25.7 Å². The van der Waals surface area contributed by atoms with Gasteiger partial charge in [0.15, 0.2) is 0 Å². The van der Waals surface area contributed by atoms with Crippen molar-refractivity contribution in [2.24, 2.45) is 11.7 Å². The average molecular weight is 256 g/mol. The standard InChI is InChI=1S/C14H28N2O2/c1-3-12-6-4-9-16(11-7-12)10-5-8-14(2,15)13(17)18/h12H,3-11,15H2,1-2H3,(H,17,18). The lowest BCUT2D eigenvalue weighted by Gasteiger charge is -2.23. The van der Waals surface area contributed by atoms with Gasteiger partial charge >= 0.3 is 5.97 Å². The number of nitrogens with two attached hydrogens (primary N) is 1. The molecule has 0 aliphatic carbocycles. The van der Waals surface area contributed by atoms with Gasteiger partial charge in [0.1, 0.15) is 5.54 Å². The van der Waals surface area contributed by atoms with Crippen LogP contribution in [0.5, 0.6) is 0 Å². The van der Waals surface area contributed by atoms with Crippen LogP contribution in [0, 0.1) is 5.92 Å². The van der Waals surface area contributed by atoms with Crippen molar-refractivity contribution in [1.82, 2.24) is 4.90 Å². The van der Waals surface area contributed by atoms with Gasteiger partial charge in [-0.15, -0.1) is 0 Å². The van der Waals surface area contributed by atoms with Crippen LogP contribution in [0.3, 0.4) is 0 Å². The predicted octanol–water partition coefficient (Wildman–Crippen LogP) is 2.08. The fraction of sp³-hybridized carbons (Fsp3) is 0.929. The van der Waals surface area contributed by atoms with E-state index in [9.17, 15) is 4.79 Å². The quantitative estimate of drug-likeness (QED) is 0.763. The molecule has 0 spiro atoms. The number of rotatable bonds is 6. The summed E-state index contributed by atoms with van der Waals surface area (Å²) in [6.07, 6.45) is 6.61. The molecule has 0 amide bonds. The SMILES string of the molecule is CCC1CCCN(CCCC(C)(N)C(=O)O)CC1. The molecule has 0 radical (unpaired) electrons. The molecule has 2 unspecified atom stereocenters. The van der Waals surface area contributed by atoms with Gasteiger partial charge in [-0.05, 0) is 64.6 Å². The molecule has 0 aromatic carbocycles. The van der Waals surface area contributed by atoms with Crippen LogP contribution < -0.4 is 5.73 Å². The first-order chi connectivity index (χ1) is 8.45. The number of carboxylic acid groups (broad SMARTS) is 1. The lowest BCUT2D eigenvalue weighted by Crippen LogP contribution is -2.45. The van der Waals surface area contributed by atoms with Crippen LogP contribution in [0.25, 0.3) is 0 Å². The fourth-order valence-corrected chi connectivity index (χ4v) is 2.63. The van der Waals surface area contributed by atoms with E-state index in [-0.39, 0.29) is 0 Å². The first-order valence-electron chi connectivity index (χ1n) is 7.20. The molecule has 1 heterocycles. The Balaban J connectivity index is 2.25. The Morgan fingerprint density at radius 3 is 2.78 bits per heavy atom. The van der Waals surface area contributed by atoms with Gasteiger partial charge in [-0.25, -0.2) is 0 Å². The molecule has 0 aromatic heterocycles. The van der Waals surface area contributed by atoms with Gasteiger partial charge in [-0.1, -0.05) is 13.3 Å². The first-order valence-corrected chi connectivity index (χ1v) is 7.20. The summed E-state index contributed by atoms with van der Waals surface area (Å²) in [4.78, 5) is 13.4. The summed E-state index contributed by atoms with van der Waals surface area (Å²) in [6.45, 7) is 7.17. The highest BCUT2D eigenvalue weighted by molar-refractivity contribution is 5.77. The third kappa shape index (κ3) is 4.94. The highest BCUT2D eigenvalue weighted by Crippen LogP contribution is 2.20. The minimum Gasteiger partial charge on any atom is -0.480 e. The number of likely N-dealkylation sites (tertiary alicyclic amines) is 1. The number of nitrogens with zero attached hydrogens (tertiary/aromatic N) is 1. The summed E-state index contributed by atoms with van der Waals surface area (Å²) < 4.78 is 0. The van der Waals surface area contributed by atoms with Crippen molar-refractivity contribution < 1.29 is 9.90 Å². The van der Waals surface area contributed by atoms with E-state index >= 15 is 0 Å². The van der Waals surface area contributed by atoms with E-state index in [0.717, 1.165) is 32.0 Å². The normalized spacial score (nSPS) is 25.4. The van der Waals surface area contributed by atoms with E-state index in [1.54, 1.807) is 6.92 Å². The van der Waals surface area contributed by atoms with Gasteiger partial charge in [0.05, 0.1) is 0 Å². The Bertz CT molecular complexity index is 267. The highest BCUT2D eigenvalue weighted by Gasteiger charge is 2.27. The second-order valence-corrected chi connectivity index (χ2v) is 5.87. The van der Waals surface area contributed by atoms with E-state index < -0.39 is 11.5 Å². The van der Waals surface area contributed by atoms with Crippen LogP contribution in [-0.2, 0) is 4.79 Å². The van der Waals surface area contributed by atoms with Gasteiger partial charge in [0, 0.05) is 0 Å². The molecule has 4 nitrogen and oxygen atoms in total. The summed E-state index contributed by atoms with van der Waals surface area (Å²) in [7, 11) is 0. The maximum absolute atomic E-state index is 10.9. The van der Waals surface area contributed by atoms with Crippen molar-refractivity contribution in [3.05, 3.63) is 0 Å². The van der Waals surface area contributed by atoms with Crippen molar-refractivity contribution in [3.63, 3.8) is 0 Å². The van der Waals surface area contributed by atoms with Crippen molar-refractivity contribution in [2.75, 3.05) is 19.6 Å². The summed E-state index contributed by atoms with van der Waals surface area (Å²) >= 11 is 0. The third-order valence-electron chi connectivity index (χ3n) is 4.18. The molecule has 0 aromatic rings. The lowest BCUT2D eigenvalue weighted by atomic mass is 9.97. The van der Waals surface area contributed by atoms with Crippen LogP contribution in [0.2, 0.25) is 0 Å². The second kappa shape index (κ2) is 7.10. The number of carbonyl (C=O) groups is 1. The van der Waals surface area contributed by atoms with Gasteiger partial charge in [-0.3, -0.25) is 4.79 Å². The van der Waals surface area contributed by atoms with Gasteiger partial charge in [-0.2, -0.15) is 0 Å². The topological polar surface area (TPSA) is 66.6 Å². The predicted molar refractivity (Wildman–Crippen MR) is 73.5 cm³/mol. The summed E-state index contributed by atoms with van der Waals surface area (Å²) in [6, 6.07) is 0. The monoisotopic (exact) mass is 256 g/mol. The maximum atomic E-state index is 10.9. The lowest BCUT2D eigenvalue weighted by molar-refractivity contribution is -0.142. The molecular formula is C14H28N2O2. The molecule has 1 rings (SSSR count). The molecule has 1 aliphatic heterocycles. The van der Waals surface area contributed by atoms with E-state index in [2.05, 4.69) is 11.8 Å². The van der Waals surface area contributed by atoms with Crippen molar-refractivity contribution in [1.29, 1.82) is 0 Å². The van der Waals surface area contributed by atoms with Gasteiger partial charge in [0.25, 0.3) is 0 Å². The van der Waals surface area contributed by atoms with E-state index in [1.807, 2.05) is 0 Å². The molecule has 4 heteroatoms. The smallest absolute Gasteiger partial charge is 0.323 e. The largest absolute Gasteiger partial charge is 0.480 e. The molecule has 3 N–H and O–H groups in total. The molecule has 1 saturated heterocycles. The summed E-state index contributed by atoms with van der Waals surface area (Å²) in [5.74, 6) is -0.0155. The molecule has 0 saturated carbocycles. The number of hydrogen-bond donors (Lipinski definition) is 2. The van der Waals surface area contributed by atoms with Crippen LogP contribution >= 0.6 is 0 Å².